The van der Waals surface area contributed by atoms with Gasteiger partial charge in [0.25, 0.3) is 0 Å². The Bertz CT molecular complexity index is 503. The van der Waals surface area contributed by atoms with E-state index in [0.717, 1.165) is 29.2 Å². The van der Waals surface area contributed by atoms with Gasteiger partial charge in [0.2, 0.25) is 0 Å². The summed E-state index contributed by atoms with van der Waals surface area (Å²) in [6.45, 7) is 3.48. The average Bonchev–Trinajstić information content (AvgIpc) is 3.04. The number of rotatable bonds is 4. The Morgan fingerprint density at radius 1 is 1.30 bits per heavy atom. The second kappa shape index (κ2) is 5.32. The van der Waals surface area contributed by atoms with Gasteiger partial charge >= 0.3 is 0 Å². The largest absolute Gasteiger partial charge is 0.488 e. The lowest BCUT2D eigenvalue weighted by Crippen LogP contribution is -2.39. The van der Waals surface area contributed by atoms with Crippen LogP contribution < -0.4 is 10.1 Å². The zero-order chi connectivity index (χ0) is 13.5. The highest BCUT2D eigenvalue weighted by Gasteiger charge is 2.34. The smallest absolute Gasteiger partial charge is 0.123 e. The predicted octanol–water partition coefficient (Wildman–Crippen LogP) is 2.58. The van der Waals surface area contributed by atoms with Crippen molar-refractivity contribution in [3.05, 3.63) is 28.2 Å². The summed E-state index contributed by atoms with van der Waals surface area (Å²) in [6, 6.07) is 7.88. The van der Waals surface area contributed by atoms with Crippen molar-refractivity contribution in [1.29, 1.82) is 0 Å². The number of nitrogens with zero attached hydrogens (tertiary/aromatic N) is 1. The van der Waals surface area contributed by atoms with Gasteiger partial charge in [0.15, 0.2) is 0 Å². The highest BCUT2D eigenvalue weighted by molar-refractivity contribution is 9.10. The fourth-order valence-corrected chi connectivity index (χ4v) is 3.83. The Labute approximate surface area is 128 Å². The van der Waals surface area contributed by atoms with E-state index in [1.54, 1.807) is 0 Å². The predicted molar refractivity (Wildman–Crippen MR) is 83.3 cm³/mol. The number of benzene rings is 1. The van der Waals surface area contributed by atoms with E-state index in [0.29, 0.717) is 12.1 Å². The molecule has 0 aromatic heterocycles. The average molecular weight is 337 g/mol. The normalized spacial score (nSPS) is 29.4. The standard InChI is InChI=1S/C16H21BrN2O/c17-12-1-4-16-11(7-12)8-15(20-16)9-18-13-5-6-19(10-13)14-2-3-14/h1,4,7,13-15,18H,2-3,5-6,8-10H2. The third-order valence-corrected chi connectivity index (χ3v) is 5.17. The van der Waals surface area contributed by atoms with E-state index in [-0.39, 0.29) is 0 Å². The van der Waals surface area contributed by atoms with E-state index in [4.69, 9.17) is 4.74 Å². The minimum absolute atomic E-state index is 0.300. The topological polar surface area (TPSA) is 24.5 Å². The first kappa shape index (κ1) is 13.1. The molecule has 2 heterocycles. The molecule has 4 rings (SSSR count). The van der Waals surface area contributed by atoms with Gasteiger partial charge in [-0.25, -0.2) is 0 Å². The van der Waals surface area contributed by atoms with Gasteiger partial charge in [0.05, 0.1) is 0 Å². The minimum atomic E-state index is 0.300. The van der Waals surface area contributed by atoms with Crippen LogP contribution in [0.5, 0.6) is 5.75 Å². The molecule has 2 atom stereocenters. The Kier molecular flexibility index (Phi) is 3.49. The number of ether oxygens (including phenoxy) is 1. The van der Waals surface area contributed by atoms with Crippen LogP contribution in [0.15, 0.2) is 22.7 Å². The van der Waals surface area contributed by atoms with Gasteiger partial charge in [-0.05, 0) is 43.0 Å². The maximum absolute atomic E-state index is 6.01. The quantitative estimate of drug-likeness (QED) is 0.914. The van der Waals surface area contributed by atoms with Gasteiger partial charge in [-0.3, -0.25) is 4.90 Å². The molecule has 3 aliphatic rings. The highest BCUT2D eigenvalue weighted by atomic mass is 79.9. The van der Waals surface area contributed by atoms with E-state index in [1.807, 2.05) is 0 Å². The van der Waals surface area contributed by atoms with E-state index in [1.165, 1.54) is 37.9 Å². The first-order valence-corrected chi connectivity index (χ1v) is 8.50. The summed E-state index contributed by atoms with van der Waals surface area (Å²) in [7, 11) is 0. The number of nitrogens with one attached hydrogen (secondary N) is 1. The summed E-state index contributed by atoms with van der Waals surface area (Å²) in [5.74, 6) is 1.06. The van der Waals surface area contributed by atoms with Crippen molar-refractivity contribution in [2.24, 2.45) is 0 Å². The summed E-state index contributed by atoms with van der Waals surface area (Å²) in [5.41, 5.74) is 1.33. The molecule has 108 valence electrons. The Hall–Kier alpha value is -0.580. The number of halogens is 1. The second-order valence-electron chi connectivity index (χ2n) is 6.32. The molecule has 2 aliphatic heterocycles. The Morgan fingerprint density at radius 3 is 3.05 bits per heavy atom. The molecule has 3 nitrogen and oxygen atoms in total. The summed E-state index contributed by atoms with van der Waals surface area (Å²) in [5, 5.41) is 3.71. The van der Waals surface area contributed by atoms with Crippen LogP contribution in [-0.4, -0.2) is 42.7 Å². The van der Waals surface area contributed by atoms with Crippen LogP contribution in [0.25, 0.3) is 0 Å². The molecule has 1 saturated carbocycles. The Balaban J connectivity index is 1.27. The molecule has 1 aliphatic carbocycles. The molecule has 0 amide bonds. The van der Waals surface area contributed by atoms with Crippen molar-refractivity contribution in [1.82, 2.24) is 10.2 Å². The molecule has 2 unspecified atom stereocenters. The van der Waals surface area contributed by atoms with Gasteiger partial charge < -0.3 is 10.1 Å². The summed E-state index contributed by atoms with van der Waals surface area (Å²) >= 11 is 3.53. The van der Waals surface area contributed by atoms with E-state index in [9.17, 15) is 0 Å². The molecule has 1 saturated heterocycles. The van der Waals surface area contributed by atoms with Crippen molar-refractivity contribution in [2.75, 3.05) is 19.6 Å². The molecule has 2 fully saturated rings. The zero-order valence-corrected chi connectivity index (χ0v) is 13.2. The van der Waals surface area contributed by atoms with Crippen LogP contribution in [0.2, 0.25) is 0 Å². The molecule has 0 radical (unpaired) electrons. The second-order valence-corrected chi connectivity index (χ2v) is 7.23. The minimum Gasteiger partial charge on any atom is -0.488 e. The molecule has 20 heavy (non-hydrogen) atoms. The molecular formula is C16H21BrN2O. The fraction of sp³-hybridized carbons (Fsp3) is 0.625. The molecule has 1 aromatic rings. The SMILES string of the molecule is Brc1ccc2c(c1)CC(CNC1CCN(C3CC3)C1)O2. The third kappa shape index (κ3) is 2.74. The number of fused-ring (bicyclic) bond motifs is 1. The third-order valence-electron chi connectivity index (χ3n) is 4.68. The van der Waals surface area contributed by atoms with Gasteiger partial charge in [-0.1, -0.05) is 15.9 Å². The summed E-state index contributed by atoms with van der Waals surface area (Å²) in [4.78, 5) is 2.65. The highest BCUT2D eigenvalue weighted by Crippen LogP contribution is 2.32. The van der Waals surface area contributed by atoms with Crippen LogP contribution in [0, 0.1) is 0 Å². The van der Waals surface area contributed by atoms with Gasteiger partial charge in [-0.2, -0.15) is 0 Å². The monoisotopic (exact) mass is 336 g/mol. The van der Waals surface area contributed by atoms with Gasteiger partial charge in [0.1, 0.15) is 11.9 Å². The number of hydrogen-bond acceptors (Lipinski definition) is 3. The maximum Gasteiger partial charge on any atom is 0.123 e. The number of likely N-dealkylation sites (tertiary alicyclic amines) is 1. The molecule has 0 bridgehead atoms. The van der Waals surface area contributed by atoms with Crippen LogP contribution in [-0.2, 0) is 6.42 Å². The summed E-state index contributed by atoms with van der Waals surface area (Å²) in [6.07, 6.45) is 5.46. The van der Waals surface area contributed by atoms with Gasteiger partial charge in [-0.15, -0.1) is 0 Å². The van der Waals surface area contributed by atoms with Crippen LogP contribution >= 0.6 is 15.9 Å². The van der Waals surface area contributed by atoms with Crippen molar-refractivity contribution in [3.8, 4) is 5.75 Å². The fourth-order valence-electron chi connectivity index (χ4n) is 3.43. The number of hydrogen-bond donors (Lipinski definition) is 1. The molecule has 1 N–H and O–H groups in total. The van der Waals surface area contributed by atoms with Crippen molar-refractivity contribution in [3.63, 3.8) is 0 Å². The maximum atomic E-state index is 6.01. The van der Waals surface area contributed by atoms with Crippen molar-refractivity contribution < 1.29 is 4.74 Å². The lowest BCUT2D eigenvalue weighted by Gasteiger charge is -2.18. The molecule has 1 aromatic carbocycles. The zero-order valence-electron chi connectivity index (χ0n) is 11.6. The van der Waals surface area contributed by atoms with Gasteiger partial charge in [0, 0.05) is 42.6 Å². The first-order valence-electron chi connectivity index (χ1n) is 7.70. The van der Waals surface area contributed by atoms with Crippen molar-refractivity contribution >= 4 is 15.9 Å². The van der Waals surface area contributed by atoms with E-state index >= 15 is 0 Å². The molecular weight excluding hydrogens is 316 g/mol. The lowest BCUT2D eigenvalue weighted by atomic mass is 10.1. The van der Waals surface area contributed by atoms with Crippen LogP contribution in [0.3, 0.4) is 0 Å². The van der Waals surface area contributed by atoms with Crippen LogP contribution in [0.4, 0.5) is 0 Å². The lowest BCUT2D eigenvalue weighted by molar-refractivity contribution is 0.220. The Morgan fingerprint density at radius 2 is 2.20 bits per heavy atom. The molecule has 0 spiro atoms. The van der Waals surface area contributed by atoms with Crippen LogP contribution in [0.1, 0.15) is 24.8 Å². The van der Waals surface area contributed by atoms with Crippen molar-refractivity contribution in [2.45, 2.75) is 43.9 Å². The first-order chi connectivity index (χ1) is 9.78. The van der Waals surface area contributed by atoms with E-state index < -0.39 is 0 Å². The van der Waals surface area contributed by atoms with E-state index in [2.05, 4.69) is 44.3 Å². The molecule has 4 heteroatoms. The summed E-state index contributed by atoms with van der Waals surface area (Å²) < 4.78 is 7.15.